The van der Waals surface area contributed by atoms with Crippen LogP contribution in [0.25, 0.3) is 0 Å². The van der Waals surface area contributed by atoms with Gasteiger partial charge in [-0.15, -0.1) is 0 Å². The number of benzene rings is 1. The number of halogens is 1. The topological polar surface area (TPSA) is 18.5 Å². The van der Waals surface area contributed by atoms with E-state index in [-0.39, 0.29) is 18.9 Å². The van der Waals surface area contributed by atoms with Crippen LogP contribution in [0.3, 0.4) is 0 Å². The fourth-order valence-electron chi connectivity index (χ4n) is 1.83. The predicted octanol–water partition coefficient (Wildman–Crippen LogP) is 2.81. The lowest BCUT2D eigenvalue weighted by molar-refractivity contribution is -0.190. The summed E-state index contributed by atoms with van der Waals surface area (Å²) in [4.78, 5) is 0. The van der Waals surface area contributed by atoms with Crippen molar-refractivity contribution in [3.63, 3.8) is 0 Å². The molecule has 0 bridgehead atoms. The molecule has 0 radical (unpaired) electrons. The van der Waals surface area contributed by atoms with Gasteiger partial charge in [0.2, 0.25) is 0 Å². The van der Waals surface area contributed by atoms with Crippen LogP contribution in [-0.2, 0) is 9.47 Å². The van der Waals surface area contributed by atoms with Crippen LogP contribution in [0.15, 0.2) is 24.3 Å². The van der Waals surface area contributed by atoms with Crippen molar-refractivity contribution in [1.29, 1.82) is 0 Å². The van der Waals surface area contributed by atoms with Gasteiger partial charge in [-0.25, -0.2) is 0 Å². The first-order chi connectivity index (χ1) is 7.79. The number of alkyl halides is 1. The van der Waals surface area contributed by atoms with E-state index in [9.17, 15) is 4.39 Å². The molecule has 0 spiro atoms. The van der Waals surface area contributed by atoms with Gasteiger partial charge in [0.25, 0.3) is 0 Å². The van der Waals surface area contributed by atoms with Crippen molar-refractivity contribution in [2.24, 2.45) is 0 Å². The Labute approximate surface area is 95.4 Å². The fraction of sp³-hybridized carbons (Fsp3) is 0.538. The molecule has 2 nitrogen and oxygen atoms in total. The van der Waals surface area contributed by atoms with Gasteiger partial charge in [0.1, 0.15) is 0 Å². The molecule has 2 rings (SSSR count). The third-order valence-corrected chi connectivity index (χ3v) is 2.86. The Morgan fingerprint density at radius 1 is 1.19 bits per heavy atom. The number of hydrogen-bond donors (Lipinski definition) is 0. The Kier molecular flexibility index (Phi) is 3.91. The standard InChI is InChI=1S/C13H17FO2/c1-10-2-4-11(5-3-10)12-8-15-13(6-7-14)16-9-12/h2-5,12-13H,6-9H2,1H3. The highest BCUT2D eigenvalue weighted by molar-refractivity contribution is 5.24. The van der Waals surface area contributed by atoms with Crippen molar-refractivity contribution in [1.82, 2.24) is 0 Å². The summed E-state index contributed by atoms with van der Waals surface area (Å²) in [5.74, 6) is 0.275. The van der Waals surface area contributed by atoms with Crippen molar-refractivity contribution in [2.45, 2.75) is 25.6 Å². The second-order valence-electron chi connectivity index (χ2n) is 4.18. The van der Waals surface area contributed by atoms with Crippen LogP contribution in [0, 0.1) is 6.92 Å². The molecule has 0 N–H and O–H groups in total. The van der Waals surface area contributed by atoms with Crippen molar-refractivity contribution >= 4 is 0 Å². The predicted molar refractivity (Wildman–Crippen MR) is 60.2 cm³/mol. The summed E-state index contributed by atoms with van der Waals surface area (Å²) in [6.07, 6.45) is -0.0210. The van der Waals surface area contributed by atoms with Gasteiger partial charge in [0.15, 0.2) is 6.29 Å². The largest absolute Gasteiger partial charge is 0.352 e. The normalized spacial score (nSPS) is 25.6. The van der Waals surface area contributed by atoms with Crippen LogP contribution in [0.2, 0.25) is 0 Å². The van der Waals surface area contributed by atoms with E-state index in [4.69, 9.17) is 9.47 Å². The van der Waals surface area contributed by atoms with E-state index in [0.29, 0.717) is 19.6 Å². The van der Waals surface area contributed by atoms with E-state index in [2.05, 4.69) is 31.2 Å². The average Bonchev–Trinajstić information content (AvgIpc) is 2.32. The number of rotatable bonds is 3. The highest BCUT2D eigenvalue weighted by Crippen LogP contribution is 2.23. The molecule has 1 heterocycles. The van der Waals surface area contributed by atoms with E-state index < -0.39 is 0 Å². The van der Waals surface area contributed by atoms with Crippen LogP contribution in [0.4, 0.5) is 4.39 Å². The molecule has 16 heavy (non-hydrogen) atoms. The van der Waals surface area contributed by atoms with Crippen LogP contribution in [-0.4, -0.2) is 26.2 Å². The van der Waals surface area contributed by atoms with Gasteiger partial charge in [0.05, 0.1) is 19.9 Å². The van der Waals surface area contributed by atoms with Gasteiger partial charge in [-0.1, -0.05) is 29.8 Å². The van der Waals surface area contributed by atoms with Crippen LogP contribution < -0.4 is 0 Å². The fourth-order valence-corrected chi connectivity index (χ4v) is 1.83. The van der Waals surface area contributed by atoms with Crippen molar-refractivity contribution in [3.8, 4) is 0 Å². The molecule has 1 aliphatic rings. The lowest BCUT2D eigenvalue weighted by Gasteiger charge is -2.29. The lowest BCUT2D eigenvalue weighted by atomic mass is 9.99. The molecule has 0 aromatic heterocycles. The zero-order valence-corrected chi connectivity index (χ0v) is 9.49. The third-order valence-electron chi connectivity index (χ3n) is 2.86. The molecule has 88 valence electrons. The molecule has 0 unspecified atom stereocenters. The maximum absolute atomic E-state index is 12.1. The van der Waals surface area contributed by atoms with Gasteiger partial charge in [-0.3, -0.25) is 4.39 Å². The van der Waals surface area contributed by atoms with Gasteiger partial charge < -0.3 is 9.47 Å². The minimum Gasteiger partial charge on any atom is -0.352 e. The Bertz CT molecular complexity index is 315. The monoisotopic (exact) mass is 224 g/mol. The molecule has 1 saturated heterocycles. The molecule has 3 heteroatoms. The van der Waals surface area contributed by atoms with E-state index in [0.717, 1.165) is 0 Å². The molecule has 1 aromatic carbocycles. The average molecular weight is 224 g/mol. The minimum absolute atomic E-state index is 0.275. The molecule has 0 aliphatic carbocycles. The van der Waals surface area contributed by atoms with Gasteiger partial charge in [-0.2, -0.15) is 0 Å². The van der Waals surface area contributed by atoms with Crippen molar-refractivity contribution < 1.29 is 13.9 Å². The number of hydrogen-bond acceptors (Lipinski definition) is 2. The Morgan fingerprint density at radius 2 is 1.81 bits per heavy atom. The third kappa shape index (κ3) is 2.80. The van der Waals surface area contributed by atoms with E-state index in [1.165, 1.54) is 11.1 Å². The maximum atomic E-state index is 12.1. The van der Waals surface area contributed by atoms with Gasteiger partial charge >= 0.3 is 0 Å². The van der Waals surface area contributed by atoms with Gasteiger partial charge in [-0.05, 0) is 12.5 Å². The van der Waals surface area contributed by atoms with Gasteiger partial charge in [0, 0.05) is 12.3 Å². The summed E-state index contributed by atoms with van der Waals surface area (Å²) < 4.78 is 23.0. The maximum Gasteiger partial charge on any atom is 0.160 e. The minimum atomic E-state index is -0.389. The second kappa shape index (κ2) is 5.41. The molecule has 0 saturated carbocycles. The molecular formula is C13H17FO2. The Hall–Kier alpha value is -0.930. The summed E-state index contributed by atoms with van der Waals surface area (Å²) >= 11 is 0. The van der Waals surface area contributed by atoms with E-state index in [1.54, 1.807) is 0 Å². The van der Waals surface area contributed by atoms with Crippen LogP contribution >= 0.6 is 0 Å². The Balaban J connectivity index is 1.91. The SMILES string of the molecule is Cc1ccc(C2COC(CCF)OC2)cc1. The smallest absolute Gasteiger partial charge is 0.160 e. The number of aryl methyl sites for hydroxylation is 1. The molecule has 1 aliphatic heterocycles. The summed E-state index contributed by atoms with van der Waals surface area (Å²) in [6, 6.07) is 8.37. The summed E-state index contributed by atoms with van der Waals surface area (Å²) in [6.45, 7) is 2.91. The molecule has 0 amide bonds. The van der Waals surface area contributed by atoms with E-state index in [1.807, 2.05) is 0 Å². The number of ether oxygens (including phenoxy) is 2. The quantitative estimate of drug-likeness (QED) is 0.786. The highest BCUT2D eigenvalue weighted by atomic mass is 19.1. The lowest BCUT2D eigenvalue weighted by Crippen LogP contribution is -2.31. The van der Waals surface area contributed by atoms with Crippen molar-refractivity contribution in [3.05, 3.63) is 35.4 Å². The van der Waals surface area contributed by atoms with Crippen LogP contribution in [0.1, 0.15) is 23.5 Å². The zero-order chi connectivity index (χ0) is 11.4. The van der Waals surface area contributed by atoms with E-state index >= 15 is 0 Å². The highest BCUT2D eigenvalue weighted by Gasteiger charge is 2.22. The first-order valence-electron chi connectivity index (χ1n) is 5.65. The first-order valence-corrected chi connectivity index (χ1v) is 5.65. The van der Waals surface area contributed by atoms with Crippen LogP contribution in [0.5, 0.6) is 0 Å². The molecule has 0 atom stereocenters. The summed E-state index contributed by atoms with van der Waals surface area (Å²) in [5.41, 5.74) is 2.47. The van der Waals surface area contributed by atoms with Crippen molar-refractivity contribution in [2.75, 3.05) is 19.9 Å². The summed E-state index contributed by atoms with van der Waals surface area (Å²) in [5, 5.41) is 0. The summed E-state index contributed by atoms with van der Waals surface area (Å²) in [7, 11) is 0. The second-order valence-corrected chi connectivity index (χ2v) is 4.18. The molecular weight excluding hydrogens is 207 g/mol. The molecule has 1 fully saturated rings. The molecule has 1 aromatic rings. The first kappa shape index (κ1) is 11.6. The Morgan fingerprint density at radius 3 is 2.38 bits per heavy atom. The zero-order valence-electron chi connectivity index (χ0n) is 9.49.